The van der Waals surface area contributed by atoms with Gasteiger partial charge in [0, 0.05) is 6.04 Å². The maximum atomic E-state index is 12.5. The minimum absolute atomic E-state index is 0.136. The normalized spacial score (nSPS) is 44.4. The average molecular weight is 236 g/mol. The predicted octanol–water partition coefficient (Wildman–Crippen LogP) is 2.12. The van der Waals surface area contributed by atoms with Crippen molar-refractivity contribution < 1.29 is 4.79 Å². The van der Waals surface area contributed by atoms with Crippen molar-refractivity contribution in [1.82, 2.24) is 10.2 Å². The van der Waals surface area contributed by atoms with Crippen molar-refractivity contribution in [3.63, 3.8) is 0 Å². The molecule has 17 heavy (non-hydrogen) atoms. The minimum Gasteiger partial charge on any atom is -0.323 e. The van der Waals surface area contributed by atoms with Gasteiger partial charge < -0.3 is 4.90 Å². The Morgan fingerprint density at radius 2 is 1.71 bits per heavy atom. The van der Waals surface area contributed by atoms with E-state index >= 15 is 0 Å². The smallest absolute Gasteiger partial charge is 0.244 e. The molecule has 3 heteroatoms. The van der Waals surface area contributed by atoms with Gasteiger partial charge in [0.05, 0.1) is 11.7 Å². The second-order valence-corrected chi connectivity index (χ2v) is 6.69. The summed E-state index contributed by atoms with van der Waals surface area (Å²) in [7, 11) is 0. The van der Waals surface area contributed by atoms with E-state index in [4.69, 9.17) is 0 Å². The number of carbonyl (C=O) groups is 1. The van der Waals surface area contributed by atoms with Crippen molar-refractivity contribution in [2.45, 2.75) is 70.6 Å². The van der Waals surface area contributed by atoms with Gasteiger partial charge in [-0.3, -0.25) is 10.1 Å². The number of rotatable bonds is 1. The summed E-state index contributed by atoms with van der Waals surface area (Å²) in [5.74, 6) is 1.91. The Morgan fingerprint density at radius 1 is 1.12 bits per heavy atom. The van der Waals surface area contributed by atoms with E-state index in [1.807, 2.05) is 0 Å². The lowest BCUT2D eigenvalue weighted by Gasteiger charge is -2.39. The highest BCUT2D eigenvalue weighted by atomic mass is 16.2. The Bertz CT molecular complexity index is 327. The molecule has 1 saturated heterocycles. The molecule has 3 fully saturated rings. The lowest BCUT2D eigenvalue weighted by molar-refractivity contribution is -0.134. The van der Waals surface area contributed by atoms with Crippen LogP contribution in [0.15, 0.2) is 0 Å². The third kappa shape index (κ3) is 1.79. The zero-order valence-electron chi connectivity index (χ0n) is 11.2. The van der Waals surface area contributed by atoms with Crippen LogP contribution in [0.4, 0.5) is 0 Å². The Balaban J connectivity index is 1.77. The fraction of sp³-hybridized carbons (Fsp3) is 0.929. The monoisotopic (exact) mass is 236 g/mol. The molecule has 0 aromatic heterocycles. The van der Waals surface area contributed by atoms with Crippen LogP contribution in [0.3, 0.4) is 0 Å². The summed E-state index contributed by atoms with van der Waals surface area (Å²) >= 11 is 0. The number of carbonyl (C=O) groups excluding carboxylic acids is 1. The first-order chi connectivity index (χ1) is 8.02. The molecule has 0 aromatic rings. The first-order valence-electron chi connectivity index (χ1n) is 7.12. The minimum atomic E-state index is -0.136. The average Bonchev–Trinajstić information content (AvgIpc) is 2.92. The highest BCUT2D eigenvalue weighted by Crippen LogP contribution is 2.44. The second kappa shape index (κ2) is 3.71. The summed E-state index contributed by atoms with van der Waals surface area (Å²) in [6, 6.07) is 0.476. The summed E-state index contributed by atoms with van der Waals surface area (Å²) in [6.07, 6.45) is 6.05. The molecule has 2 aliphatic carbocycles. The van der Waals surface area contributed by atoms with Crippen LogP contribution >= 0.6 is 0 Å². The van der Waals surface area contributed by atoms with Gasteiger partial charge in [-0.15, -0.1) is 0 Å². The van der Waals surface area contributed by atoms with E-state index in [1.165, 1.54) is 19.3 Å². The van der Waals surface area contributed by atoms with E-state index < -0.39 is 0 Å². The summed E-state index contributed by atoms with van der Waals surface area (Å²) in [6.45, 7) is 6.80. The van der Waals surface area contributed by atoms with Crippen molar-refractivity contribution in [3.8, 4) is 0 Å². The lowest BCUT2D eigenvalue weighted by Crippen LogP contribution is -2.46. The molecule has 1 heterocycles. The molecular formula is C14H24N2O. The largest absolute Gasteiger partial charge is 0.323 e. The van der Waals surface area contributed by atoms with Gasteiger partial charge in [-0.1, -0.05) is 13.8 Å². The third-order valence-corrected chi connectivity index (χ3v) is 4.84. The molecule has 3 atom stereocenters. The first kappa shape index (κ1) is 11.5. The maximum Gasteiger partial charge on any atom is 0.244 e. The summed E-state index contributed by atoms with van der Waals surface area (Å²) in [4.78, 5) is 14.6. The van der Waals surface area contributed by atoms with E-state index in [-0.39, 0.29) is 11.7 Å². The molecule has 0 radical (unpaired) electrons. The zero-order chi connectivity index (χ0) is 12.2. The topological polar surface area (TPSA) is 32.3 Å². The van der Waals surface area contributed by atoms with Crippen LogP contribution in [0.1, 0.15) is 52.9 Å². The number of hydrogen-bond acceptors (Lipinski definition) is 2. The Morgan fingerprint density at radius 3 is 2.18 bits per heavy atom. The fourth-order valence-corrected chi connectivity index (χ4v) is 4.05. The number of nitrogens with one attached hydrogen (secondary N) is 1. The Hall–Kier alpha value is -0.570. The molecule has 3 unspecified atom stereocenters. The van der Waals surface area contributed by atoms with Crippen LogP contribution in [0, 0.1) is 11.8 Å². The van der Waals surface area contributed by atoms with Crippen LogP contribution in [0.2, 0.25) is 0 Å². The van der Waals surface area contributed by atoms with Gasteiger partial charge in [-0.2, -0.15) is 0 Å². The van der Waals surface area contributed by atoms with Crippen molar-refractivity contribution in [3.05, 3.63) is 0 Å². The summed E-state index contributed by atoms with van der Waals surface area (Å²) < 4.78 is 0. The van der Waals surface area contributed by atoms with Gasteiger partial charge in [0.2, 0.25) is 5.91 Å². The molecule has 2 saturated carbocycles. The van der Waals surface area contributed by atoms with E-state index in [2.05, 4.69) is 31.0 Å². The Labute approximate surface area is 104 Å². The fourth-order valence-electron chi connectivity index (χ4n) is 4.05. The lowest BCUT2D eigenvalue weighted by atomic mass is 9.79. The van der Waals surface area contributed by atoms with Crippen molar-refractivity contribution in [2.75, 3.05) is 0 Å². The Kier molecular flexibility index (Phi) is 2.51. The van der Waals surface area contributed by atoms with Gasteiger partial charge in [0.15, 0.2) is 0 Å². The standard InChI is InChI=1S/C14H24N2O/c1-9-6-10(2)8-12(7-9)16-11(3)15-14(4-5-14)13(16)17/h9-12,15H,4-8H2,1-3H3. The van der Waals surface area contributed by atoms with E-state index in [1.54, 1.807) is 0 Å². The highest BCUT2D eigenvalue weighted by Gasteiger charge is 2.59. The second-order valence-electron chi connectivity index (χ2n) is 6.69. The van der Waals surface area contributed by atoms with Crippen molar-refractivity contribution in [2.24, 2.45) is 11.8 Å². The van der Waals surface area contributed by atoms with Crippen LogP contribution in [-0.4, -0.2) is 28.6 Å². The van der Waals surface area contributed by atoms with Gasteiger partial charge in [-0.05, 0) is 50.9 Å². The molecule has 0 aromatic carbocycles. The van der Waals surface area contributed by atoms with Crippen LogP contribution in [-0.2, 0) is 4.79 Å². The molecular weight excluding hydrogens is 212 g/mol. The molecule has 96 valence electrons. The van der Waals surface area contributed by atoms with Crippen LogP contribution < -0.4 is 5.32 Å². The molecule has 3 rings (SSSR count). The molecule has 1 aliphatic heterocycles. The highest BCUT2D eigenvalue weighted by molar-refractivity contribution is 5.92. The summed E-state index contributed by atoms with van der Waals surface area (Å²) in [5, 5.41) is 3.51. The molecule has 3 aliphatic rings. The van der Waals surface area contributed by atoms with Crippen molar-refractivity contribution in [1.29, 1.82) is 0 Å². The SMILES string of the molecule is CC1CC(C)CC(N2C(=O)C3(CC3)NC2C)C1. The quantitative estimate of drug-likeness (QED) is 0.756. The zero-order valence-corrected chi connectivity index (χ0v) is 11.2. The van der Waals surface area contributed by atoms with Crippen LogP contribution in [0.25, 0.3) is 0 Å². The number of nitrogens with zero attached hydrogens (tertiary/aromatic N) is 1. The molecule has 1 N–H and O–H groups in total. The van der Waals surface area contributed by atoms with Gasteiger partial charge in [-0.25, -0.2) is 0 Å². The van der Waals surface area contributed by atoms with Gasteiger partial charge in [0.25, 0.3) is 0 Å². The van der Waals surface area contributed by atoms with Crippen LogP contribution in [0.5, 0.6) is 0 Å². The molecule has 1 spiro atoms. The van der Waals surface area contributed by atoms with E-state index in [9.17, 15) is 4.79 Å². The van der Waals surface area contributed by atoms with Gasteiger partial charge >= 0.3 is 0 Å². The predicted molar refractivity (Wildman–Crippen MR) is 67.4 cm³/mol. The molecule has 1 amide bonds. The third-order valence-electron chi connectivity index (χ3n) is 4.84. The van der Waals surface area contributed by atoms with Gasteiger partial charge in [0.1, 0.15) is 0 Å². The summed E-state index contributed by atoms with van der Waals surface area (Å²) in [5.41, 5.74) is -0.136. The number of amides is 1. The first-order valence-corrected chi connectivity index (χ1v) is 7.12. The maximum absolute atomic E-state index is 12.5. The molecule has 3 nitrogen and oxygen atoms in total. The van der Waals surface area contributed by atoms with E-state index in [0.29, 0.717) is 11.9 Å². The van der Waals surface area contributed by atoms with Crippen molar-refractivity contribution >= 4 is 5.91 Å². The number of hydrogen-bond donors (Lipinski definition) is 1. The van der Waals surface area contributed by atoms with E-state index in [0.717, 1.165) is 24.7 Å². The molecule has 0 bridgehead atoms.